The molecule has 2 rings (SSSR count). The summed E-state index contributed by atoms with van der Waals surface area (Å²) in [6, 6.07) is 2.04. The van der Waals surface area contributed by atoms with E-state index in [1.54, 1.807) is 11.3 Å². The molecule has 0 bridgehead atoms. The van der Waals surface area contributed by atoms with E-state index in [4.69, 9.17) is 0 Å². The Morgan fingerprint density at radius 1 is 1.56 bits per heavy atom. The highest BCUT2D eigenvalue weighted by Gasteiger charge is 2.12. The smallest absolute Gasteiger partial charge is 0.291 e. The molecule has 96 valence electrons. The molecule has 0 unspecified atom stereocenters. The van der Waals surface area contributed by atoms with Crippen molar-refractivity contribution in [3.63, 3.8) is 0 Å². The molecule has 0 radical (unpaired) electrons. The minimum Gasteiger partial charge on any atom is -0.344 e. The largest absolute Gasteiger partial charge is 0.344 e. The van der Waals surface area contributed by atoms with Crippen molar-refractivity contribution in [2.24, 2.45) is 0 Å². The van der Waals surface area contributed by atoms with Crippen LogP contribution in [0.25, 0.3) is 0 Å². The molecule has 0 saturated carbocycles. The summed E-state index contributed by atoms with van der Waals surface area (Å²) in [5.74, 6) is 0.740. The van der Waals surface area contributed by atoms with E-state index in [1.165, 1.54) is 5.56 Å². The van der Waals surface area contributed by atoms with Crippen LogP contribution in [-0.2, 0) is 13.0 Å². The summed E-state index contributed by atoms with van der Waals surface area (Å²) in [4.78, 5) is 17.1. The van der Waals surface area contributed by atoms with Crippen molar-refractivity contribution in [3.05, 3.63) is 33.5 Å². The maximum atomic E-state index is 11.8. The predicted octanol–water partition coefficient (Wildman–Crippen LogP) is 2.06. The number of carbonyl (C=O) groups is 1. The van der Waals surface area contributed by atoms with Crippen LogP contribution >= 0.6 is 11.3 Å². The molecule has 5 nitrogen and oxygen atoms in total. The van der Waals surface area contributed by atoms with E-state index >= 15 is 0 Å². The molecule has 0 saturated heterocycles. The first-order valence-electron chi connectivity index (χ1n) is 5.93. The third-order valence-corrected chi connectivity index (χ3v) is 3.62. The molecular formula is C12H16N4OS. The molecule has 0 aliphatic carbocycles. The average molecular weight is 264 g/mol. The van der Waals surface area contributed by atoms with Crippen molar-refractivity contribution >= 4 is 17.2 Å². The molecule has 0 fully saturated rings. The van der Waals surface area contributed by atoms with E-state index in [1.807, 2.05) is 18.4 Å². The summed E-state index contributed by atoms with van der Waals surface area (Å²) in [5, 5.41) is 11.5. The van der Waals surface area contributed by atoms with Gasteiger partial charge in [0, 0.05) is 11.3 Å². The number of hydrogen-bond acceptors (Lipinski definition) is 4. The van der Waals surface area contributed by atoms with Crippen LogP contribution in [0, 0.1) is 6.92 Å². The number of nitrogens with one attached hydrogen (secondary N) is 2. The third kappa shape index (κ3) is 2.95. The molecule has 2 heterocycles. The van der Waals surface area contributed by atoms with Crippen molar-refractivity contribution in [1.82, 2.24) is 20.5 Å². The van der Waals surface area contributed by atoms with Gasteiger partial charge in [0.15, 0.2) is 0 Å². The Morgan fingerprint density at radius 2 is 2.39 bits per heavy atom. The van der Waals surface area contributed by atoms with Gasteiger partial charge in [-0.2, -0.15) is 0 Å². The monoisotopic (exact) mass is 264 g/mol. The summed E-state index contributed by atoms with van der Waals surface area (Å²) in [6.45, 7) is 4.62. The Bertz CT molecular complexity index is 532. The molecule has 18 heavy (non-hydrogen) atoms. The second-order valence-electron chi connectivity index (χ2n) is 4.07. The Labute approximate surface area is 110 Å². The van der Waals surface area contributed by atoms with Crippen molar-refractivity contribution in [3.8, 4) is 0 Å². The Kier molecular flexibility index (Phi) is 4.09. The van der Waals surface area contributed by atoms with Gasteiger partial charge in [-0.05, 0) is 30.4 Å². The first kappa shape index (κ1) is 12.8. The molecular weight excluding hydrogens is 248 g/mol. The number of nitrogens with zero attached hydrogens (tertiary/aromatic N) is 2. The zero-order valence-electron chi connectivity index (χ0n) is 10.5. The number of rotatable bonds is 5. The fourth-order valence-corrected chi connectivity index (χ4v) is 2.42. The van der Waals surface area contributed by atoms with Crippen molar-refractivity contribution in [2.75, 3.05) is 0 Å². The van der Waals surface area contributed by atoms with Gasteiger partial charge in [-0.1, -0.05) is 6.92 Å². The number of carbonyl (C=O) groups excluding carboxylic acids is 1. The first-order chi connectivity index (χ1) is 8.70. The van der Waals surface area contributed by atoms with Gasteiger partial charge in [0.1, 0.15) is 5.82 Å². The van der Waals surface area contributed by atoms with Crippen LogP contribution < -0.4 is 5.32 Å². The molecule has 2 aromatic heterocycles. The molecule has 2 N–H and O–H groups in total. The molecule has 1 amide bonds. The minimum atomic E-state index is -0.235. The number of amides is 1. The summed E-state index contributed by atoms with van der Waals surface area (Å²) < 4.78 is 0. The standard InChI is InChI=1S/C12H16N4OS/c1-3-4-10-14-11(16-15-10)12(17)13-7-9-8(2)5-6-18-9/h5-6H,3-4,7H2,1-2H3,(H,13,17)(H,14,15,16). The van der Waals surface area contributed by atoms with Gasteiger partial charge in [0.2, 0.25) is 5.82 Å². The number of aromatic nitrogens is 3. The van der Waals surface area contributed by atoms with E-state index in [0.29, 0.717) is 6.54 Å². The summed E-state index contributed by atoms with van der Waals surface area (Å²) >= 11 is 1.64. The van der Waals surface area contributed by atoms with E-state index in [9.17, 15) is 4.79 Å². The lowest BCUT2D eigenvalue weighted by Crippen LogP contribution is -2.23. The van der Waals surface area contributed by atoms with E-state index in [0.717, 1.165) is 23.5 Å². The van der Waals surface area contributed by atoms with E-state index in [-0.39, 0.29) is 11.7 Å². The van der Waals surface area contributed by atoms with Gasteiger partial charge in [-0.25, -0.2) is 4.98 Å². The molecule has 0 aliphatic heterocycles. The lowest BCUT2D eigenvalue weighted by Gasteiger charge is -2.01. The van der Waals surface area contributed by atoms with Crippen LogP contribution in [-0.4, -0.2) is 21.1 Å². The van der Waals surface area contributed by atoms with E-state index < -0.39 is 0 Å². The lowest BCUT2D eigenvalue weighted by atomic mass is 10.3. The maximum absolute atomic E-state index is 11.8. The van der Waals surface area contributed by atoms with Crippen LogP contribution in [0.1, 0.15) is 40.2 Å². The molecule has 0 aromatic carbocycles. The average Bonchev–Trinajstić information content (AvgIpc) is 2.96. The number of aryl methyl sites for hydroxylation is 2. The molecule has 0 spiro atoms. The fourth-order valence-electron chi connectivity index (χ4n) is 1.57. The van der Waals surface area contributed by atoms with Gasteiger partial charge in [-0.3, -0.25) is 9.89 Å². The molecule has 6 heteroatoms. The third-order valence-electron chi connectivity index (χ3n) is 2.60. The number of H-pyrrole nitrogens is 1. The van der Waals surface area contributed by atoms with Crippen molar-refractivity contribution in [1.29, 1.82) is 0 Å². The zero-order valence-corrected chi connectivity index (χ0v) is 11.3. The predicted molar refractivity (Wildman–Crippen MR) is 70.6 cm³/mol. The normalized spacial score (nSPS) is 10.6. The molecule has 0 aliphatic rings. The van der Waals surface area contributed by atoms with Crippen LogP contribution in [0.5, 0.6) is 0 Å². The molecule has 2 aromatic rings. The second kappa shape index (κ2) is 5.77. The van der Waals surface area contributed by atoms with Crippen molar-refractivity contribution < 1.29 is 4.79 Å². The first-order valence-corrected chi connectivity index (χ1v) is 6.81. The maximum Gasteiger partial charge on any atom is 0.291 e. The Hall–Kier alpha value is -1.69. The highest BCUT2D eigenvalue weighted by molar-refractivity contribution is 7.10. The Balaban J connectivity index is 1.93. The van der Waals surface area contributed by atoms with Crippen LogP contribution in [0.2, 0.25) is 0 Å². The van der Waals surface area contributed by atoms with Crippen LogP contribution in [0.3, 0.4) is 0 Å². The zero-order chi connectivity index (χ0) is 13.0. The lowest BCUT2D eigenvalue weighted by molar-refractivity contribution is 0.0941. The molecule has 0 atom stereocenters. The number of aromatic amines is 1. The van der Waals surface area contributed by atoms with Crippen LogP contribution in [0.4, 0.5) is 0 Å². The highest BCUT2D eigenvalue weighted by atomic mass is 32.1. The van der Waals surface area contributed by atoms with Gasteiger partial charge in [0.25, 0.3) is 5.91 Å². The van der Waals surface area contributed by atoms with Gasteiger partial charge in [-0.15, -0.1) is 16.4 Å². The fraction of sp³-hybridized carbons (Fsp3) is 0.417. The Morgan fingerprint density at radius 3 is 3.06 bits per heavy atom. The SMILES string of the molecule is CCCc1nc(C(=O)NCc2sccc2C)n[nH]1. The number of hydrogen-bond donors (Lipinski definition) is 2. The highest BCUT2D eigenvalue weighted by Crippen LogP contribution is 2.14. The van der Waals surface area contributed by atoms with Gasteiger partial charge >= 0.3 is 0 Å². The summed E-state index contributed by atoms with van der Waals surface area (Å²) in [7, 11) is 0. The van der Waals surface area contributed by atoms with E-state index in [2.05, 4.69) is 27.4 Å². The van der Waals surface area contributed by atoms with Gasteiger partial charge in [0.05, 0.1) is 6.54 Å². The van der Waals surface area contributed by atoms with Crippen LogP contribution in [0.15, 0.2) is 11.4 Å². The topological polar surface area (TPSA) is 70.7 Å². The van der Waals surface area contributed by atoms with Crippen molar-refractivity contribution in [2.45, 2.75) is 33.2 Å². The summed E-state index contributed by atoms with van der Waals surface area (Å²) in [5.41, 5.74) is 1.20. The number of thiophene rings is 1. The summed E-state index contributed by atoms with van der Waals surface area (Å²) in [6.07, 6.45) is 1.79. The van der Waals surface area contributed by atoms with Gasteiger partial charge < -0.3 is 5.32 Å². The quantitative estimate of drug-likeness (QED) is 0.868. The minimum absolute atomic E-state index is 0.215. The second-order valence-corrected chi connectivity index (χ2v) is 5.07.